The number of ether oxygens (including phenoxy) is 2. The Morgan fingerprint density at radius 1 is 0.576 bits per heavy atom. The third kappa shape index (κ3) is 5.82. The third-order valence-corrected chi connectivity index (χ3v) is 4.75. The summed E-state index contributed by atoms with van der Waals surface area (Å²) in [4.78, 5) is 48.8. The zero-order valence-electron chi connectivity index (χ0n) is 18.3. The van der Waals surface area contributed by atoms with Crippen molar-refractivity contribution in [3.05, 3.63) is 94.5 Å². The molecule has 2 N–H and O–H groups in total. The van der Waals surface area contributed by atoms with Crippen LogP contribution in [-0.4, -0.2) is 38.0 Å². The predicted octanol–water partition coefficient (Wildman–Crippen LogP) is 4.07. The van der Waals surface area contributed by atoms with Crippen molar-refractivity contribution in [1.29, 1.82) is 0 Å². The van der Waals surface area contributed by atoms with Crippen LogP contribution >= 0.6 is 0 Å². The van der Waals surface area contributed by atoms with Gasteiger partial charge in [-0.05, 0) is 61.5 Å². The number of hydrogen-bond donors (Lipinski definition) is 2. The molecule has 33 heavy (non-hydrogen) atoms. The molecule has 0 aliphatic carbocycles. The second kappa shape index (κ2) is 10.2. The molecule has 3 aromatic rings. The molecule has 0 aromatic heterocycles. The molecule has 0 bridgehead atoms. The van der Waals surface area contributed by atoms with Crippen LogP contribution in [0.25, 0.3) is 0 Å². The van der Waals surface area contributed by atoms with E-state index in [1.54, 1.807) is 36.4 Å². The molecule has 2 amide bonds. The lowest BCUT2D eigenvalue weighted by Crippen LogP contribution is -2.15. The first-order valence-electron chi connectivity index (χ1n) is 9.92. The summed E-state index contributed by atoms with van der Waals surface area (Å²) in [5.41, 5.74) is 2.81. The number of methoxy groups -OCH3 is 2. The van der Waals surface area contributed by atoms with Gasteiger partial charge in [0.15, 0.2) is 0 Å². The van der Waals surface area contributed by atoms with Gasteiger partial charge in [-0.25, -0.2) is 9.59 Å². The van der Waals surface area contributed by atoms with Crippen LogP contribution in [-0.2, 0) is 9.47 Å². The summed E-state index contributed by atoms with van der Waals surface area (Å²) >= 11 is 0. The van der Waals surface area contributed by atoms with Crippen LogP contribution in [0.1, 0.15) is 47.0 Å². The number of benzene rings is 3. The second-order valence-corrected chi connectivity index (χ2v) is 7.13. The summed E-state index contributed by atoms with van der Waals surface area (Å²) in [7, 11) is 2.43. The fraction of sp³-hybridized carbons (Fsp3) is 0.120. The SMILES string of the molecule is COC(=O)c1cc(NC(=O)c2ccc(NC(=O)c3ccc(C)cc3)cc2)cc(C(=O)OC)c1. The topological polar surface area (TPSA) is 111 Å². The normalized spacial score (nSPS) is 10.2. The van der Waals surface area contributed by atoms with E-state index in [4.69, 9.17) is 9.47 Å². The van der Waals surface area contributed by atoms with E-state index in [1.807, 2.05) is 19.1 Å². The fourth-order valence-corrected chi connectivity index (χ4v) is 2.99. The number of rotatable bonds is 6. The largest absolute Gasteiger partial charge is 0.465 e. The first kappa shape index (κ1) is 23.2. The van der Waals surface area contributed by atoms with Gasteiger partial charge in [-0.1, -0.05) is 17.7 Å². The zero-order valence-corrected chi connectivity index (χ0v) is 18.3. The van der Waals surface area contributed by atoms with Crippen LogP contribution in [0.4, 0.5) is 11.4 Å². The highest BCUT2D eigenvalue weighted by molar-refractivity contribution is 6.07. The first-order chi connectivity index (χ1) is 15.8. The van der Waals surface area contributed by atoms with Gasteiger partial charge in [0, 0.05) is 22.5 Å². The minimum Gasteiger partial charge on any atom is -0.465 e. The summed E-state index contributed by atoms with van der Waals surface area (Å²) in [6, 6.07) is 17.6. The van der Waals surface area contributed by atoms with E-state index >= 15 is 0 Å². The van der Waals surface area contributed by atoms with Gasteiger partial charge in [0.1, 0.15) is 0 Å². The van der Waals surface area contributed by atoms with Gasteiger partial charge < -0.3 is 20.1 Å². The Kier molecular flexibility index (Phi) is 7.20. The molecule has 0 fully saturated rings. The molecule has 0 aliphatic rings. The first-order valence-corrected chi connectivity index (χ1v) is 9.92. The van der Waals surface area contributed by atoms with E-state index in [1.165, 1.54) is 32.4 Å². The quantitative estimate of drug-likeness (QED) is 0.552. The Morgan fingerprint density at radius 3 is 1.45 bits per heavy atom. The lowest BCUT2D eigenvalue weighted by molar-refractivity contribution is 0.0598. The van der Waals surface area contributed by atoms with Crippen LogP contribution in [0.5, 0.6) is 0 Å². The number of aryl methyl sites for hydroxylation is 1. The number of carbonyl (C=O) groups is 4. The van der Waals surface area contributed by atoms with Crippen molar-refractivity contribution >= 4 is 35.1 Å². The number of carbonyl (C=O) groups excluding carboxylic acids is 4. The molecule has 0 saturated heterocycles. The molecule has 0 aliphatic heterocycles. The van der Waals surface area contributed by atoms with E-state index in [-0.39, 0.29) is 22.7 Å². The van der Waals surface area contributed by atoms with E-state index in [0.29, 0.717) is 16.8 Å². The standard InChI is InChI=1S/C25H22N2O6/c1-15-4-6-16(7-5-15)22(28)26-20-10-8-17(9-11-20)23(29)27-21-13-18(24(30)32-2)12-19(14-21)25(31)33-3/h4-14H,1-3H3,(H,26,28)(H,27,29). The minimum atomic E-state index is -0.662. The molecular weight excluding hydrogens is 424 g/mol. The van der Waals surface area contributed by atoms with Gasteiger partial charge in [0.05, 0.1) is 25.3 Å². The Bertz CT molecular complexity index is 1170. The van der Waals surface area contributed by atoms with Crippen LogP contribution in [0.15, 0.2) is 66.7 Å². The maximum absolute atomic E-state index is 12.7. The highest BCUT2D eigenvalue weighted by Crippen LogP contribution is 2.19. The molecular formula is C25H22N2O6. The molecule has 0 atom stereocenters. The monoisotopic (exact) mass is 446 g/mol. The molecule has 0 spiro atoms. The molecule has 8 nitrogen and oxygen atoms in total. The maximum Gasteiger partial charge on any atom is 0.337 e. The van der Waals surface area contributed by atoms with Crippen molar-refractivity contribution in [2.45, 2.75) is 6.92 Å². The van der Waals surface area contributed by atoms with Crippen LogP contribution in [0, 0.1) is 6.92 Å². The van der Waals surface area contributed by atoms with Gasteiger partial charge in [-0.3, -0.25) is 9.59 Å². The van der Waals surface area contributed by atoms with Crippen LogP contribution in [0.3, 0.4) is 0 Å². The van der Waals surface area contributed by atoms with E-state index < -0.39 is 17.8 Å². The Balaban J connectivity index is 1.74. The minimum absolute atomic E-state index is 0.0878. The Hall–Kier alpha value is -4.46. The molecule has 0 heterocycles. The smallest absolute Gasteiger partial charge is 0.337 e. The summed E-state index contributed by atoms with van der Waals surface area (Å²) in [5, 5.41) is 5.42. The average molecular weight is 446 g/mol. The van der Waals surface area contributed by atoms with Crippen molar-refractivity contribution in [1.82, 2.24) is 0 Å². The van der Waals surface area contributed by atoms with Crippen molar-refractivity contribution in [3.63, 3.8) is 0 Å². The number of hydrogen-bond acceptors (Lipinski definition) is 6. The average Bonchev–Trinajstić information content (AvgIpc) is 2.83. The third-order valence-electron chi connectivity index (χ3n) is 4.75. The molecule has 0 radical (unpaired) electrons. The number of amides is 2. The lowest BCUT2D eigenvalue weighted by atomic mass is 10.1. The molecule has 168 valence electrons. The molecule has 8 heteroatoms. The number of anilines is 2. The number of nitrogens with one attached hydrogen (secondary N) is 2. The van der Waals surface area contributed by atoms with Crippen molar-refractivity contribution < 1.29 is 28.7 Å². The lowest BCUT2D eigenvalue weighted by Gasteiger charge is -2.10. The van der Waals surface area contributed by atoms with Gasteiger partial charge in [0.2, 0.25) is 0 Å². The van der Waals surface area contributed by atoms with E-state index in [9.17, 15) is 19.2 Å². The Morgan fingerprint density at radius 2 is 1.00 bits per heavy atom. The molecule has 3 aromatic carbocycles. The highest BCUT2D eigenvalue weighted by Gasteiger charge is 2.16. The summed E-state index contributed by atoms with van der Waals surface area (Å²) in [6.07, 6.45) is 0. The van der Waals surface area contributed by atoms with Crippen molar-refractivity contribution in [2.24, 2.45) is 0 Å². The van der Waals surface area contributed by atoms with Crippen molar-refractivity contribution in [2.75, 3.05) is 24.9 Å². The molecule has 3 rings (SSSR count). The summed E-state index contributed by atoms with van der Waals surface area (Å²) in [5.74, 6) is -2.05. The van der Waals surface area contributed by atoms with Gasteiger partial charge in [-0.2, -0.15) is 0 Å². The highest BCUT2D eigenvalue weighted by atomic mass is 16.5. The fourth-order valence-electron chi connectivity index (χ4n) is 2.99. The number of esters is 2. The molecule has 0 saturated carbocycles. The van der Waals surface area contributed by atoms with Gasteiger partial charge in [-0.15, -0.1) is 0 Å². The van der Waals surface area contributed by atoms with Gasteiger partial charge >= 0.3 is 11.9 Å². The molecule has 0 unspecified atom stereocenters. The van der Waals surface area contributed by atoms with Crippen LogP contribution in [0.2, 0.25) is 0 Å². The van der Waals surface area contributed by atoms with Crippen LogP contribution < -0.4 is 10.6 Å². The summed E-state index contributed by atoms with van der Waals surface area (Å²) in [6.45, 7) is 1.94. The van der Waals surface area contributed by atoms with Crippen molar-refractivity contribution in [3.8, 4) is 0 Å². The van der Waals surface area contributed by atoms with Gasteiger partial charge in [0.25, 0.3) is 11.8 Å². The van der Waals surface area contributed by atoms with E-state index in [2.05, 4.69) is 10.6 Å². The zero-order chi connectivity index (χ0) is 24.0. The predicted molar refractivity (Wildman–Crippen MR) is 123 cm³/mol. The second-order valence-electron chi connectivity index (χ2n) is 7.13. The summed E-state index contributed by atoms with van der Waals surface area (Å²) < 4.78 is 9.39. The Labute approximate surface area is 190 Å². The maximum atomic E-state index is 12.7. The van der Waals surface area contributed by atoms with E-state index in [0.717, 1.165) is 5.56 Å².